The average molecular weight is 292 g/mol. The van der Waals surface area contributed by atoms with Crippen molar-refractivity contribution in [3.63, 3.8) is 0 Å². The van der Waals surface area contributed by atoms with Gasteiger partial charge in [0, 0.05) is 4.47 Å². The fourth-order valence-electron chi connectivity index (χ4n) is 1.31. The maximum Gasteiger partial charge on any atom is 0.178 e. The minimum Gasteiger partial charge on any atom is -0.339 e. The second kappa shape index (κ2) is 4.92. The normalized spacial score (nSPS) is 10.3. The number of H-pyrrole nitrogens is 1. The number of halogens is 2. The van der Waals surface area contributed by atoms with Crippen molar-refractivity contribution < 1.29 is 0 Å². The van der Waals surface area contributed by atoms with E-state index in [1.54, 1.807) is 0 Å². The number of aromatic amines is 1. The third kappa shape index (κ3) is 2.48. The van der Waals surface area contributed by atoms with Gasteiger partial charge in [0.15, 0.2) is 5.65 Å². The molecule has 4 nitrogen and oxygen atoms in total. The molecule has 2 aromatic rings. The van der Waals surface area contributed by atoms with Gasteiger partial charge in [0.2, 0.25) is 0 Å². The van der Waals surface area contributed by atoms with E-state index in [9.17, 15) is 0 Å². The van der Waals surface area contributed by atoms with Gasteiger partial charge in [-0.25, -0.2) is 9.97 Å². The van der Waals surface area contributed by atoms with Crippen molar-refractivity contribution in [3.8, 4) is 0 Å². The first-order valence-electron chi connectivity index (χ1n) is 4.37. The number of pyridine rings is 1. The van der Waals surface area contributed by atoms with Crippen molar-refractivity contribution in [2.24, 2.45) is 0 Å². The van der Waals surface area contributed by atoms with Crippen molar-refractivity contribution in [2.45, 2.75) is 13.5 Å². The number of aromatic nitrogens is 3. The Labute approximate surface area is 102 Å². The van der Waals surface area contributed by atoms with Crippen molar-refractivity contribution in [1.82, 2.24) is 20.3 Å². The van der Waals surface area contributed by atoms with Crippen molar-refractivity contribution >= 4 is 39.5 Å². The first kappa shape index (κ1) is 12.4. The summed E-state index contributed by atoms with van der Waals surface area (Å²) in [5.41, 5.74) is 2.70. The summed E-state index contributed by atoms with van der Waals surface area (Å²) in [5, 5.41) is 3.04. The maximum atomic E-state index is 4.36. The molecule has 0 radical (unpaired) electrons. The van der Waals surface area contributed by atoms with Gasteiger partial charge in [-0.3, -0.25) is 0 Å². The Kier molecular flexibility index (Phi) is 4.07. The highest BCUT2D eigenvalue weighted by molar-refractivity contribution is 9.10. The van der Waals surface area contributed by atoms with E-state index < -0.39 is 0 Å². The van der Waals surface area contributed by atoms with Gasteiger partial charge in [0.05, 0.1) is 17.8 Å². The van der Waals surface area contributed by atoms with Gasteiger partial charge in [0.25, 0.3) is 0 Å². The maximum absolute atomic E-state index is 4.36. The molecule has 0 unspecified atom stereocenters. The Balaban J connectivity index is 0.00000112. The number of nitrogens with one attached hydrogen (secondary N) is 2. The molecule has 6 heteroatoms. The molecule has 0 amide bonds. The number of hydrogen-bond donors (Lipinski definition) is 2. The highest BCUT2D eigenvalue weighted by Crippen LogP contribution is 2.19. The van der Waals surface area contributed by atoms with Crippen LogP contribution in [0.4, 0.5) is 0 Å². The first-order valence-corrected chi connectivity index (χ1v) is 5.16. The minimum absolute atomic E-state index is 0. The predicted octanol–water partition coefficient (Wildman–Crippen LogP) is 2.17. The lowest BCUT2D eigenvalue weighted by atomic mass is 10.3. The van der Waals surface area contributed by atoms with Gasteiger partial charge in [-0.05, 0) is 36.0 Å². The molecule has 0 bridgehead atoms. The Bertz CT molecular complexity index is 429. The van der Waals surface area contributed by atoms with Crippen LogP contribution >= 0.6 is 28.3 Å². The van der Waals surface area contributed by atoms with Crippen molar-refractivity contribution in [2.75, 3.05) is 7.05 Å². The molecule has 0 aliphatic rings. The number of nitrogens with zero attached hydrogens (tertiary/aromatic N) is 2. The van der Waals surface area contributed by atoms with Crippen molar-refractivity contribution in [3.05, 3.63) is 22.1 Å². The van der Waals surface area contributed by atoms with Gasteiger partial charge in [-0.1, -0.05) is 0 Å². The molecule has 0 aliphatic carbocycles. The van der Waals surface area contributed by atoms with Crippen LogP contribution in [0.15, 0.2) is 10.5 Å². The fourth-order valence-corrected chi connectivity index (χ4v) is 1.63. The Hall–Kier alpha value is -0.650. The SMILES string of the molecule is CNCc1nc2nc(C)c(Br)cc2[nH]1.Cl. The fraction of sp³-hybridized carbons (Fsp3) is 0.333. The van der Waals surface area contributed by atoms with E-state index in [1.165, 1.54) is 0 Å². The summed E-state index contributed by atoms with van der Waals surface area (Å²) in [5.74, 6) is 0.910. The lowest BCUT2D eigenvalue weighted by Crippen LogP contribution is -2.06. The third-order valence-corrected chi connectivity index (χ3v) is 2.80. The van der Waals surface area contributed by atoms with Crippen LogP contribution in [0.25, 0.3) is 11.2 Å². The zero-order valence-electron chi connectivity index (χ0n) is 8.47. The molecule has 2 rings (SSSR count). The van der Waals surface area contributed by atoms with Crippen LogP contribution < -0.4 is 5.32 Å². The van der Waals surface area contributed by atoms with Crippen LogP contribution in [0.3, 0.4) is 0 Å². The standard InChI is InChI=1S/C9H11BrN4.ClH/c1-5-6(10)3-7-9(12-5)14-8(13-7)4-11-2;/h3,11H,4H2,1-2H3,(H,12,13,14);1H. The molecule has 82 valence electrons. The third-order valence-electron chi connectivity index (χ3n) is 2.00. The van der Waals surface area contributed by atoms with Crippen LogP contribution in [0.2, 0.25) is 0 Å². The lowest BCUT2D eigenvalue weighted by Gasteiger charge is -1.94. The van der Waals surface area contributed by atoms with Gasteiger partial charge >= 0.3 is 0 Å². The van der Waals surface area contributed by atoms with E-state index in [2.05, 4.69) is 36.2 Å². The molecule has 0 atom stereocenters. The number of aryl methyl sites for hydroxylation is 1. The van der Waals surface area contributed by atoms with E-state index in [1.807, 2.05) is 20.0 Å². The molecule has 2 heterocycles. The Morgan fingerprint density at radius 3 is 2.87 bits per heavy atom. The van der Waals surface area contributed by atoms with Gasteiger partial charge in [-0.2, -0.15) is 0 Å². The molecule has 0 saturated carbocycles. The predicted molar refractivity (Wildman–Crippen MR) is 66.3 cm³/mol. The summed E-state index contributed by atoms with van der Waals surface area (Å²) in [6, 6.07) is 2.00. The number of rotatable bonds is 2. The Morgan fingerprint density at radius 2 is 2.20 bits per heavy atom. The number of hydrogen-bond acceptors (Lipinski definition) is 3. The molecular formula is C9H12BrClN4. The Morgan fingerprint density at radius 1 is 1.47 bits per heavy atom. The molecule has 0 fully saturated rings. The van der Waals surface area contributed by atoms with Gasteiger partial charge in [0.1, 0.15) is 5.82 Å². The van der Waals surface area contributed by atoms with Crippen LogP contribution in [-0.2, 0) is 6.54 Å². The average Bonchev–Trinajstić information content (AvgIpc) is 2.48. The molecule has 0 saturated heterocycles. The summed E-state index contributed by atoms with van der Waals surface area (Å²) in [6.45, 7) is 2.68. The first-order chi connectivity index (χ1) is 6.70. The molecular weight excluding hydrogens is 279 g/mol. The van der Waals surface area contributed by atoms with Crippen LogP contribution in [0, 0.1) is 6.92 Å². The van der Waals surface area contributed by atoms with Crippen LogP contribution in [0.1, 0.15) is 11.5 Å². The second-order valence-corrected chi connectivity index (χ2v) is 3.99. The molecule has 0 spiro atoms. The molecule has 15 heavy (non-hydrogen) atoms. The largest absolute Gasteiger partial charge is 0.339 e. The monoisotopic (exact) mass is 290 g/mol. The summed E-state index contributed by atoms with van der Waals surface area (Å²) in [6.07, 6.45) is 0. The molecule has 0 aromatic carbocycles. The number of imidazole rings is 1. The highest BCUT2D eigenvalue weighted by Gasteiger charge is 2.05. The molecule has 2 aromatic heterocycles. The highest BCUT2D eigenvalue weighted by atomic mass is 79.9. The van der Waals surface area contributed by atoms with Crippen LogP contribution in [-0.4, -0.2) is 22.0 Å². The van der Waals surface area contributed by atoms with E-state index in [0.29, 0.717) is 0 Å². The zero-order chi connectivity index (χ0) is 10.1. The van der Waals surface area contributed by atoms with E-state index in [4.69, 9.17) is 0 Å². The summed E-state index contributed by atoms with van der Waals surface area (Å²) >= 11 is 3.44. The minimum atomic E-state index is 0. The van der Waals surface area contributed by atoms with Gasteiger partial charge in [-0.15, -0.1) is 12.4 Å². The molecule has 2 N–H and O–H groups in total. The molecule has 0 aliphatic heterocycles. The van der Waals surface area contributed by atoms with Crippen molar-refractivity contribution in [1.29, 1.82) is 0 Å². The van der Waals surface area contributed by atoms with Gasteiger partial charge < -0.3 is 10.3 Å². The number of fused-ring (bicyclic) bond motifs is 1. The smallest absolute Gasteiger partial charge is 0.178 e. The lowest BCUT2D eigenvalue weighted by molar-refractivity contribution is 0.774. The topological polar surface area (TPSA) is 53.6 Å². The summed E-state index contributed by atoms with van der Waals surface area (Å²) < 4.78 is 1.00. The van der Waals surface area contributed by atoms with Crippen LogP contribution in [0.5, 0.6) is 0 Å². The summed E-state index contributed by atoms with van der Waals surface area (Å²) in [4.78, 5) is 11.9. The summed E-state index contributed by atoms with van der Waals surface area (Å²) in [7, 11) is 1.89. The zero-order valence-corrected chi connectivity index (χ0v) is 10.9. The second-order valence-electron chi connectivity index (χ2n) is 3.14. The van der Waals surface area contributed by atoms with E-state index in [-0.39, 0.29) is 12.4 Å². The van der Waals surface area contributed by atoms with E-state index >= 15 is 0 Å². The van der Waals surface area contributed by atoms with E-state index in [0.717, 1.165) is 33.7 Å². The quantitative estimate of drug-likeness (QED) is 0.891.